The summed E-state index contributed by atoms with van der Waals surface area (Å²) in [7, 11) is 0. The van der Waals surface area contributed by atoms with Crippen LogP contribution in [0.15, 0.2) is 0 Å². The van der Waals surface area contributed by atoms with E-state index in [4.69, 9.17) is 0 Å². The van der Waals surface area contributed by atoms with Gasteiger partial charge in [-0.05, 0) is 50.6 Å². The Morgan fingerprint density at radius 2 is 1.88 bits per heavy atom. The third-order valence-electron chi connectivity index (χ3n) is 4.50. The van der Waals surface area contributed by atoms with Crippen molar-refractivity contribution in [1.82, 2.24) is 10.6 Å². The van der Waals surface area contributed by atoms with Gasteiger partial charge in [0.05, 0.1) is 0 Å². The van der Waals surface area contributed by atoms with Gasteiger partial charge in [-0.3, -0.25) is 4.79 Å². The lowest BCUT2D eigenvalue weighted by Gasteiger charge is -2.34. The van der Waals surface area contributed by atoms with Gasteiger partial charge >= 0.3 is 0 Å². The van der Waals surface area contributed by atoms with Crippen LogP contribution in [0.3, 0.4) is 0 Å². The van der Waals surface area contributed by atoms with Crippen LogP contribution in [0.2, 0.25) is 0 Å². The fourth-order valence-electron chi connectivity index (χ4n) is 2.58. The summed E-state index contributed by atoms with van der Waals surface area (Å²) in [5.74, 6) is 0.301. The van der Waals surface area contributed by atoms with E-state index in [-0.39, 0.29) is 5.41 Å². The second kappa shape index (κ2) is 4.36. The van der Waals surface area contributed by atoms with Crippen molar-refractivity contribution in [2.45, 2.75) is 46.0 Å². The molecule has 1 aliphatic carbocycles. The Hall–Kier alpha value is -0.570. The van der Waals surface area contributed by atoms with E-state index in [9.17, 15) is 4.79 Å². The molecule has 0 atom stereocenters. The van der Waals surface area contributed by atoms with Crippen LogP contribution in [0.1, 0.15) is 46.0 Å². The SMILES string of the molecule is CCC1(C(=O)NCC2(C)CCNCC2)CC1. The summed E-state index contributed by atoms with van der Waals surface area (Å²) in [6.07, 6.45) is 5.52. The number of carbonyl (C=O) groups is 1. The first-order valence-electron chi connectivity index (χ1n) is 6.59. The van der Waals surface area contributed by atoms with Gasteiger partial charge < -0.3 is 10.6 Å². The van der Waals surface area contributed by atoms with Crippen molar-refractivity contribution < 1.29 is 4.79 Å². The summed E-state index contributed by atoms with van der Waals surface area (Å²) >= 11 is 0. The van der Waals surface area contributed by atoms with E-state index >= 15 is 0 Å². The van der Waals surface area contributed by atoms with Crippen molar-refractivity contribution >= 4 is 5.91 Å². The Kier molecular flexibility index (Phi) is 3.24. The number of piperidine rings is 1. The number of hydrogen-bond donors (Lipinski definition) is 2. The van der Waals surface area contributed by atoms with Gasteiger partial charge in [0.2, 0.25) is 5.91 Å². The summed E-state index contributed by atoms with van der Waals surface area (Å²) in [5, 5.41) is 6.55. The van der Waals surface area contributed by atoms with Crippen molar-refractivity contribution in [2.24, 2.45) is 10.8 Å². The number of rotatable bonds is 4. The van der Waals surface area contributed by atoms with Crippen molar-refractivity contribution in [2.75, 3.05) is 19.6 Å². The Bertz CT molecular complexity index is 265. The highest BCUT2D eigenvalue weighted by atomic mass is 16.2. The first-order chi connectivity index (χ1) is 7.60. The van der Waals surface area contributed by atoms with Crippen LogP contribution in [0.5, 0.6) is 0 Å². The highest BCUT2D eigenvalue weighted by Crippen LogP contribution is 2.48. The Morgan fingerprint density at radius 1 is 1.25 bits per heavy atom. The molecule has 2 N–H and O–H groups in total. The van der Waals surface area contributed by atoms with Crippen LogP contribution in [0, 0.1) is 10.8 Å². The van der Waals surface area contributed by atoms with Crippen molar-refractivity contribution in [1.29, 1.82) is 0 Å². The minimum atomic E-state index is 0.0171. The van der Waals surface area contributed by atoms with Crippen molar-refractivity contribution in [3.8, 4) is 0 Å². The summed E-state index contributed by atoms with van der Waals surface area (Å²) in [6.45, 7) is 7.45. The van der Waals surface area contributed by atoms with Gasteiger partial charge in [-0.1, -0.05) is 13.8 Å². The first kappa shape index (κ1) is 11.9. The Morgan fingerprint density at radius 3 is 2.38 bits per heavy atom. The molecule has 0 bridgehead atoms. The molecule has 1 saturated carbocycles. The molecule has 0 aromatic carbocycles. The van der Waals surface area contributed by atoms with Gasteiger partial charge in [0.1, 0.15) is 0 Å². The normalized spacial score (nSPS) is 26.1. The molecule has 2 fully saturated rings. The minimum absolute atomic E-state index is 0.0171. The molecule has 2 rings (SSSR count). The lowest BCUT2D eigenvalue weighted by molar-refractivity contribution is -0.127. The van der Waals surface area contributed by atoms with Crippen LogP contribution in [0.25, 0.3) is 0 Å². The van der Waals surface area contributed by atoms with Gasteiger partial charge in [0.25, 0.3) is 0 Å². The van der Waals surface area contributed by atoms with Crippen LogP contribution < -0.4 is 10.6 Å². The van der Waals surface area contributed by atoms with E-state index < -0.39 is 0 Å². The zero-order valence-corrected chi connectivity index (χ0v) is 10.6. The third kappa shape index (κ3) is 2.40. The molecule has 0 unspecified atom stereocenters. The molecular weight excluding hydrogens is 200 g/mol. The van der Waals surface area contributed by atoms with Gasteiger partial charge in [-0.2, -0.15) is 0 Å². The molecule has 3 nitrogen and oxygen atoms in total. The predicted octanol–water partition coefficient (Wildman–Crippen LogP) is 1.68. The fourth-order valence-corrected chi connectivity index (χ4v) is 2.58. The van der Waals surface area contributed by atoms with Crippen LogP contribution in [-0.2, 0) is 4.79 Å². The molecule has 1 amide bonds. The monoisotopic (exact) mass is 224 g/mol. The van der Waals surface area contributed by atoms with Crippen molar-refractivity contribution in [3.05, 3.63) is 0 Å². The summed E-state index contributed by atoms with van der Waals surface area (Å²) in [6, 6.07) is 0. The van der Waals surface area contributed by atoms with E-state index in [1.54, 1.807) is 0 Å². The first-order valence-corrected chi connectivity index (χ1v) is 6.59. The molecule has 0 aromatic rings. The molecule has 0 radical (unpaired) electrons. The number of carbonyl (C=O) groups excluding carboxylic acids is 1. The molecule has 2 aliphatic rings. The lowest BCUT2D eigenvalue weighted by Crippen LogP contribution is -2.44. The maximum absolute atomic E-state index is 12.0. The maximum atomic E-state index is 12.0. The summed E-state index contributed by atoms with van der Waals surface area (Å²) in [5.41, 5.74) is 0.327. The van der Waals surface area contributed by atoms with E-state index in [0.29, 0.717) is 11.3 Å². The van der Waals surface area contributed by atoms with Crippen LogP contribution in [0.4, 0.5) is 0 Å². The number of nitrogens with one attached hydrogen (secondary N) is 2. The third-order valence-corrected chi connectivity index (χ3v) is 4.50. The van der Waals surface area contributed by atoms with Gasteiger partial charge in [-0.25, -0.2) is 0 Å². The molecule has 92 valence electrons. The van der Waals surface area contributed by atoms with E-state index in [0.717, 1.165) is 38.9 Å². The molecule has 1 saturated heterocycles. The van der Waals surface area contributed by atoms with E-state index in [1.165, 1.54) is 12.8 Å². The molecule has 1 aliphatic heterocycles. The van der Waals surface area contributed by atoms with E-state index in [1.807, 2.05) is 0 Å². The Labute approximate surface area is 98.4 Å². The molecule has 1 heterocycles. The van der Waals surface area contributed by atoms with Gasteiger partial charge in [0, 0.05) is 12.0 Å². The quantitative estimate of drug-likeness (QED) is 0.763. The average Bonchev–Trinajstić information content (AvgIpc) is 3.08. The molecule has 3 heteroatoms. The highest BCUT2D eigenvalue weighted by molar-refractivity contribution is 5.85. The smallest absolute Gasteiger partial charge is 0.226 e. The number of hydrogen-bond acceptors (Lipinski definition) is 2. The van der Waals surface area contributed by atoms with Gasteiger partial charge in [0.15, 0.2) is 0 Å². The zero-order valence-electron chi connectivity index (χ0n) is 10.6. The molecule has 0 aromatic heterocycles. The minimum Gasteiger partial charge on any atom is -0.355 e. The second-order valence-corrected chi connectivity index (χ2v) is 5.88. The van der Waals surface area contributed by atoms with Crippen LogP contribution >= 0.6 is 0 Å². The standard InChI is InChI=1S/C13H24N2O/c1-3-13(4-5-13)11(16)15-10-12(2)6-8-14-9-7-12/h14H,3-10H2,1-2H3,(H,15,16). The maximum Gasteiger partial charge on any atom is 0.226 e. The van der Waals surface area contributed by atoms with Crippen molar-refractivity contribution in [3.63, 3.8) is 0 Å². The largest absolute Gasteiger partial charge is 0.355 e. The highest BCUT2D eigenvalue weighted by Gasteiger charge is 2.48. The second-order valence-electron chi connectivity index (χ2n) is 5.88. The average molecular weight is 224 g/mol. The van der Waals surface area contributed by atoms with Gasteiger partial charge in [-0.15, -0.1) is 0 Å². The summed E-state index contributed by atoms with van der Waals surface area (Å²) < 4.78 is 0. The fraction of sp³-hybridized carbons (Fsp3) is 0.923. The van der Waals surface area contributed by atoms with E-state index in [2.05, 4.69) is 24.5 Å². The number of amides is 1. The Balaban J connectivity index is 1.80. The topological polar surface area (TPSA) is 41.1 Å². The molecule has 0 spiro atoms. The zero-order chi connectivity index (χ0) is 11.6. The molecular formula is C13H24N2O. The summed E-state index contributed by atoms with van der Waals surface area (Å²) in [4.78, 5) is 12.0. The van der Waals surface area contributed by atoms with Crippen LogP contribution in [-0.4, -0.2) is 25.5 Å². The predicted molar refractivity (Wildman–Crippen MR) is 65.2 cm³/mol. The molecule has 16 heavy (non-hydrogen) atoms. The lowest BCUT2D eigenvalue weighted by atomic mass is 9.81.